The van der Waals surface area contributed by atoms with Crippen LogP contribution in [0.25, 0.3) is 0 Å². The molecule has 0 bridgehead atoms. The van der Waals surface area contributed by atoms with Gasteiger partial charge in [0.05, 0.1) is 6.61 Å². The number of carbonyl (C=O) groups is 2. The van der Waals surface area contributed by atoms with Crippen molar-refractivity contribution in [2.45, 2.75) is 27.0 Å². The number of nitrogens with zero attached hydrogens (tertiary/aromatic N) is 2. The Labute approximate surface area is 184 Å². The number of hydrogen-bond donors (Lipinski definition) is 2. The molecule has 0 radical (unpaired) electrons. The minimum Gasteiger partial charge on any atom is -0.494 e. The minimum atomic E-state index is -0.333. The summed E-state index contributed by atoms with van der Waals surface area (Å²) in [4.78, 5) is 24.2. The van der Waals surface area contributed by atoms with Crippen LogP contribution in [0.3, 0.4) is 0 Å². The smallest absolute Gasteiger partial charge is 0.286 e. The van der Waals surface area contributed by atoms with E-state index in [0.717, 1.165) is 28.2 Å². The van der Waals surface area contributed by atoms with E-state index in [9.17, 15) is 9.59 Å². The number of hydrogen-bond acceptors (Lipinski definition) is 7. The van der Waals surface area contributed by atoms with E-state index in [2.05, 4.69) is 20.8 Å². The summed E-state index contributed by atoms with van der Waals surface area (Å²) in [6, 6.07) is 15.0. The predicted molar refractivity (Wildman–Crippen MR) is 118 cm³/mol. The normalized spacial score (nSPS) is 10.5. The molecule has 162 valence electrons. The molecule has 9 heteroatoms. The number of rotatable bonds is 10. The quantitative estimate of drug-likeness (QED) is 0.501. The monoisotopic (exact) mass is 440 g/mol. The topological polar surface area (TPSA) is 102 Å². The number of carbonyl (C=O) groups excluding carboxylic acids is 2. The Bertz CT molecular complexity index is 1000. The van der Waals surface area contributed by atoms with E-state index in [1.54, 1.807) is 0 Å². The van der Waals surface area contributed by atoms with Gasteiger partial charge in [-0.1, -0.05) is 41.2 Å². The number of benzene rings is 2. The zero-order valence-corrected chi connectivity index (χ0v) is 18.2. The van der Waals surface area contributed by atoms with Crippen molar-refractivity contribution in [1.29, 1.82) is 0 Å². The van der Waals surface area contributed by atoms with Crippen molar-refractivity contribution >= 4 is 28.8 Å². The van der Waals surface area contributed by atoms with Crippen LogP contribution in [0.4, 0.5) is 5.69 Å². The molecule has 8 nitrogen and oxygen atoms in total. The van der Waals surface area contributed by atoms with Crippen LogP contribution in [0.1, 0.15) is 32.9 Å². The maximum absolute atomic E-state index is 12.3. The van der Waals surface area contributed by atoms with Gasteiger partial charge in [-0.05, 0) is 43.7 Å². The van der Waals surface area contributed by atoms with Crippen molar-refractivity contribution in [3.63, 3.8) is 0 Å². The molecule has 3 aromatic rings. The van der Waals surface area contributed by atoms with Gasteiger partial charge in [-0.2, -0.15) is 0 Å². The van der Waals surface area contributed by atoms with E-state index >= 15 is 0 Å². The molecule has 2 aromatic carbocycles. The maximum Gasteiger partial charge on any atom is 0.286 e. The third-order valence-electron chi connectivity index (χ3n) is 4.15. The minimum absolute atomic E-state index is 0.103. The molecule has 0 unspecified atom stereocenters. The van der Waals surface area contributed by atoms with Gasteiger partial charge in [0.1, 0.15) is 24.0 Å². The lowest BCUT2D eigenvalue weighted by atomic mass is 10.2. The Hall–Kier alpha value is -3.30. The van der Waals surface area contributed by atoms with Crippen LogP contribution in [0, 0.1) is 6.92 Å². The van der Waals surface area contributed by atoms with Crippen LogP contribution in [0.15, 0.2) is 48.5 Å². The Balaban J connectivity index is 1.38. The number of aromatic nitrogens is 2. The Kier molecular flexibility index (Phi) is 8.08. The van der Waals surface area contributed by atoms with Crippen molar-refractivity contribution in [2.75, 3.05) is 18.5 Å². The van der Waals surface area contributed by atoms with Crippen LogP contribution >= 0.6 is 11.3 Å². The van der Waals surface area contributed by atoms with Gasteiger partial charge in [-0.3, -0.25) is 9.59 Å². The molecule has 0 saturated carbocycles. The Morgan fingerprint density at radius 3 is 2.48 bits per heavy atom. The number of aryl methyl sites for hydroxylation is 1. The highest BCUT2D eigenvalue weighted by atomic mass is 32.1. The first-order valence-corrected chi connectivity index (χ1v) is 10.6. The summed E-state index contributed by atoms with van der Waals surface area (Å²) in [5, 5.41) is 14.2. The molecule has 0 fully saturated rings. The molecule has 0 aliphatic carbocycles. The summed E-state index contributed by atoms with van der Waals surface area (Å²) < 4.78 is 10.8. The van der Waals surface area contributed by atoms with Crippen molar-refractivity contribution in [3.05, 3.63) is 69.7 Å². The second-order valence-electron chi connectivity index (χ2n) is 6.67. The summed E-state index contributed by atoms with van der Waals surface area (Å²) in [5.74, 6) is 0.223. The van der Waals surface area contributed by atoms with E-state index in [1.807, 2.05) is 62.4 Å². The first-order chi connectivity index (χ1) is 15.0. The molecule has 2 N–H and O–H groups in total. The molecule has 0 aliphatic heterocycles. The van der Waals surface area contributed by atoms with E-state index in [1.165, 1.54) is 0 Å². The molecule has 31 heavy (non-hydrogen) atoms. The maximum atomic E-state index is 12.3. The van der Waals surface area contributed by atoms with Gasteiger partial charge in [0.2, 0.25) is 10.9 Å². The van der Waals surface area contributed by atoms with Crippen LogP contribution < -0.4 is 15.4 Å². The lowest BCUT2D eigenvalue weighted by molar-refractivity contribution is -0.126. The third kappa shape index (κ3) is 7.16. The van der Waals surface area contributed by atoms with E-state index in [0.29, 0.717) is 23.8 Å². The summed E-state index contributed by atoms with van der Waals surface area (Å²) in [5.41, 5.74) is 2.76. The summed E-state index contributed by atoms with van der Waals surface area (Å²) in [7, 11) is 0. The molecule has 0 saturated heterocycles. The van der Waals surface area contributed by atoms with Gasteiger partial charge < -0.3 is 20.1 Å². The zero-order chi connectivity index (χ0) is 22.1. The molecule has 0 aliphatic rings. The average Bonchev–Trinajstić information content (AvgIpc) is 3.24. The highest BCUT2D eigenvalue weighted by Gasteiger charge is 2.13. The first kappa shape index (κ1) is 22.4. The van der Waals surface area contributed by atoms with Crippen LogP contribution in [0.5, 0.6) is 5.75 Å². The van der Waals surface area contributed by atoms with Crippen LogP contribution in [-0.4, -0.2) is 35.2 Å². The van der Waals surface area contributed by atoms with E-state index < -0.39 is 0 Å². The van der Waals surface area contributed by atoms with Gasteiger partial charge in [0.15, 0.2) is 0 Å². The summed E-state index contributed by atoms with van der Waals surface area (Å²) in [6.45, 7) is 4.91. The van der Waals surface area contributed by atoms with E-state index in [-0.39, 0.29) is 30.0 Å². The molecule has 0 atom stereocenters. The first-order valence-electron chi connectivity index (χ1n) is 9.80. The van der Waals surface area contributed by atoms with Gasteiger partial charge >= 0.3 is 0 Å². The number of anilines is 1. The second kappa shape index (κ2) is 11.2. The van der Waals surface area contributed by atoms with Crippen LogP contribution in [-0.2, 0) is 22.7 Å². The lowest BCUT2D eigenvalue weighted by Crippen LogP contribution is -2.27. The fourth-order valence-electron chi connectivity index (χ4n) is 2.58. The molecule has 3 rings (SSSR count). The molecule has 0 spiro atoms. The van der Waals surface area contributed by atoms with E-state index in [4.69, 9.17) is 9.47 Å². The fraction of sp³-hybridized carbons (Fsp3) is 0.273. The molecular weight excluding hydrogens is 416 g/mol. The predicted octanol–water partition coefficient (Wildman–Crippen LogP) is 3.33. The summed E-state index contributed by atoms with van der Waals surface area (Å²) in [6.07, 6.45) is 0. The molecule has 2 amide bonds. The van der Waals surface area contributed by atoms with Gasteiger partial charge in [0, 0.05) is 12.2 Å². The number of amides is 2. The molecular formula is C22H24N4O4S. The van der Waals surface area contributed by atoms with Crippen LogP contribution in [0.2, 0.25) is 0 Å². The SMILES string of the molecule is CCOc1ccc(CNC(=O)COCc2nnc(C(=O)Nc3ccc(C)cc3)s2)cc1. The standard InChI is InChI=1S/C22H24N4O4S/c1-3-30-18-10-6-16(7-11-18)12-23-19(27)13-29-14-20-25-26-22(31-20)21(28)24-17-8-4-15(2)5-9-17/h4-11H,3,12-14H2,1-2H3,(H,23,27)(H,24,28). The Morgan fingerprint density at radius 2 is 1.77 bits per heavy atom. The van der Waals surface area contributed by atoms with Gasteiger partial charge in [-0.25, -0.2) is 0 Å². The van der Waals surface area contributed by atoms with Gasteiger partial charge in [-0.15, -0.1) is 10.2 Å². The van der Waals surface area contributed by atoms with Crippen molar-refractivity contribution in [1.82, 2.24) is 15.5 Å². The largest absolute Gasteiger partial charge is 0.494 e. The highest BCUT2D eigenvalue weighted by Crippen LogP contribution is 2.15. The zero-order valence-electron chi connectivity index (χ0n) is 17.4. The number of nitrogens with one attached hydrogen (secondary N) is 2. The van der Waals surface area contributed by atoms with Crippen molar-refractivity contribution in [3.8, 4) is 5.75 Å². The second-order valence-corrected chi connectivity index (χ2v) is 7.73. The van der Waals surface area contributed by atoms with Gasteiger partial charge in [0.25, 0.3) is 5.91 Å². The fourth-order valence-corrected chi connectivity index (χ4v) is 3.25. The molecule has 1 aromatic heterocycles. The Morgan fingerprint density at radius 1 is 1.03 bits per heavy atom. The highest BCUT2D eigenvalue weighted by molar-refractivity contribution is 7.13. The van der Waals surface area contributed by atoms with Crippen molar-refractivity contribution in [2.24, 2.45) is 0 Å². The number of ether oxygens (including phenoxy) is 2. The summed E-state index contributed by atoms with van der Waals surface area (Å²) >= 11 is 1.13. The average molecular weight is 441 g/mol. The van der Waals surface area contributed by atoms with Crippen molar-refractivity contribution < 1.29 is 19.1 Å². The molecule has 1 heterocycles. The third-order valence-corrected chi connectivity index (χ3v) is 5.05. The lowest BCUT2D eigenvalue weighted by Gasteiger charge is -2.07.